The van der Waals surface area contributed by atoms with Gasteiger partial charge < -0.3 is 10.3 Å². The van der Waals surface area contributed by atoms with E-state index in [2.05, 4.69) is 15.1 Å². The lowest BCUT2D eigenvalue weighted by molar-refractivity contribution is -0.148. The molecule has 0 unspecified atom stereocenters. The third kappa shape index (κ3) is 4.34. The Morgan fingerprint density at radius 2 is 1.80 bits per heavy atom. The summed E-state index contributed by atoms with van der Waals surface area (Å²) in [7, 11) is 0. The van der Waals surface area contributed by atoms with Gasteiger partial charge in [-0.05, 0) is 61.8 Å². The van der Waals surface area contributed by atoms with E-state index >= 15 is 0 Å². The minimum absolute atomic E-state index is 0.203. The fraction of sp³-hybridized carbons (Fsp3) is 0.600. The molecular formula is C20H24F5N5. The Labute approximate surface area is 171 Å². The van der Waals surface area contributed by atoms with Gasteiger partial charge in [-0.3, -0.25) is 4.90 Å². The van der Waals surface area contributed by atoms with Crippen molar-refractivity contribution in [2.24, 2.45) is 11.7 Å². The van der Waals surface area contributed by atoms with Crippen LogP contribution in [-0.2, 0) is 25.7 Å². The Morgan fingerprint density at radius 1 is 1.07 bits per heavy atom. The fourth-order valence-electron chi connectivity index (χ4n) is 4.71. The van der Waals surface area contributed by atoms with Crippen LogP contribution in [0.1, 0.15) is 42.9 Å². The maximum Gasteiger partial charge on any atom is 0.451 e. The molecule has 164 valence electrons. The number of alkyl halides is 3. The molecule has 2 N–H and O–H groups in total. The van der Waals surface area contributed by atoms with Crippen molar-refractivity contribution < 1.29 is 22.0 Å². The minimum atomic E-state index is -4.50. The molecule has 5 nitrogen and oxygen atoms in total. The van der Waals surface area contributed by atoms with Gasteiger partial charge in [-0.25, -0.2) is 8.78 Å². The van der Waals surface area contributed by atoms with Crippen molar-refractivity contribution in [3.8, 4) is 0 Å². The molecule has 1 aromatic carbocycles. The van der Waals surface area contributed by atoms with Gasteiger partial charge in [0.05, 0.1) is 6.54 Å². The third-order valence-corrected chi connectivity index (χ3v) is 6.36. The first-order valence-corrected chi connectivity index (χ1v) is 10.1. The molecule has 2 aromatic rings. The molecule has 2 aliphatic rings. The highest BCUT2D eigenvalue weighted by Gasteiger charge is 2.40. The molecule has 2 heterocycles. The summed E-state index contributed by atoms with van der Waals surface area (Å²) >= 11 is 0. The predicted octanol–water partition coefficient (Wildman–Crippen LogP) is 3.52. The van der Waals surface area contributed by atoms with Crippen LogP contribution in [-0.4, -0.2) is 38.3 Å². The van der Waals surface area contributed by atoms with Crippen LogP contribution >= 0.6 is 0 Å². The molecule has 0 bridgehead atoms. The van der Waals surface area contributed by atoms with Crippen LogP contribution in [0, 0.1) is 17.6 Å². The number of hydrogen-bond donors (Lipinski definition) is 1. The second-order valence-corrected chi connectivity index (χ2v) is 8.23. The van der Waals surface area contributed by atoms with Crippen molar-refractivity contribution in [3.05, 3.63) is 47.0 Å². The Hall–Kier alpha value is -2.07. The zero-order chi connectivity index (χ0) is 21.5. The topological polar surface area (TPSA) is 60.0 Å². The highest BCUT2D eigenvalue weighted by molar-refractivity contribution is 5.20. The molecule has 30 heavy (non-hydrogen) atoms. The zero-order valence-electron chi connectivity index (χ0n) is 16.4. The molecule has 1 aliphatic carbocycles. The minimum Gasteiger partial charge on any atom is -0.327 e. The number of aromatic nitrogens is 3. The average Bonchev–Trinajstić information content (AvgIpc) is 3.14. The number of fused-ring (bicyclic) bond motifs is 1. The number of rotatable bonds is 4. The number of nitrogens with zero attached hydrogens (tertiary/aromatic N) is 4. The number of hydrogen-bond acceptors (Lipinski definition) is 4. The van der Waals surface area contributed by atoms with Gasteiger partial charge in [-0.1, -0.05) is 0 Å². The van der Waals surface area contributed by atoms with E-state index in [0.717, 1.165) is 42.4 Å². The van der Waals surface area contributed by atoms with Crippen LogP contribution in [0.4, 0.5) is 22.0 Å². The van der Waals surface area contributed by atoms with Crippen molar-refractivity contribution >= 4 is 0 Å². The fourth-order valence-corrected chi connectivity index (χ4v) is 4.71. The Kier molecular flexibility index (Phi) is 5.80. The molecular weight excluding hydrogens is 405 g/mol. The van der Waals surface area contributed by atoms with Crippen LogP contribution in [0.3, 0.4) is 0 Å². The molecule has 0 radical (unpaired) electrons. The molecule has 4 rings (SSSR count). The lowest BCUT2D eigenvalue weighted by atomic mass is 9.79. The average molecular weight is 429 g/mol. The molecule has 0 spiro atoms. The van der Waals surface area contributed by atoms with Gasteiger partial charge in [0.1, 0.15) is 17.5 Å². The van der Waals surface area contributed by atoms with Crippen molar-refractivity contribution in [1.82, 2.24) is 19.7 Å². The van der Waals surface area contributed by atoms with E-state index in [4.69, 9.17) is 5.73 Å². The van der Waals surface area contributed by atoms with Gasteiger partial charge in [0.15, 0.2) is 0 Å². The Morgan fingerprint density at radius 3 is 2.50 bits per heavy atom. The summed E-state index contributed by atoms with van der Waals surface area (Å²) in [6.45, 7) is 1.08. The van der Waals surface area contributed by atoms with Gasteiger partial charge in [0.25, 0.3) is 0 Å². The SMILES string of the molecule is N[C@H](Cc1cc(F)ccc1F)C1CCC(N2CCn3c(nnc3C(F)(F)F)C2)CC1. The van der Waals surface area contributed by atoms with Crippen LogP contribution in [0.5, 0.6) is 0 Å². The van der Waals surface area contributed by atoms with E-state index in [-0.39, 0.29) is 31.0 Å². The van der Waals surface area contributed by atoms with Gasteiger partial charge in [0.2, 0.25) is 5.82 Å². The maximum absolute atomic E-state index is 13.9. The van der Waals surface area contributed by atoms with Gasteiger partial charge in [-0.2, -0.15) is 13.2 Å². The highest BCUT2D eigenvalue weighted by Crippen LogP contribution is 2.34. The highest BCUT2D eigenvalue weighted by atomic mass is 19.4. The summed E-state index contributed by atoms with van der Waals surface area (Å²) in [6, 6.07) is 3.39. The molecule has 1 atom stereocenters. The predicted molar refractivity (Wildman–Crippen MR) is 99.2 cm³/mol. The molecule has 1 fully saturated rings. The van der Waals surface area contributed by atoms with Crippen molar-refractivity contribution in [2.75, 3.05) is 6.54 Å². The quantitative estimate of drug-likeness (QED) is 0.756. The molecule has 0 amide bonds. The monoisotopic (exact) mass is 429 g/mol. The Bertz CT molecular complexity index is 888. The first-order chi connectivity index (χ1) is 14.2. The second-order valence-electron chi connectivity index (χ2n) is 8.23. The normalized spacial score (nSPS) is 23.9. The number of benzene rings is 1. The standard InChI is InChI=1S/C20H24F5N5/c21-14-3-6-16(22)13(9-14)10-17(26)12-1-4-15(5-2-12)29-7-8-30-18(11-29)27-28-19(30)20(23,24)25/h3,6,9,12,15,17H,1-2,4-5,7-8,10-11,26H2/t12?,15?,17-/m1/s1. The molecule has 10 heteroatoms. The first-order valence-electron chi connectivity index (χ1n) is 10.1. The van der Waals surface area contributed by atoms with E-state index < -0.39 is 23.6 Å². The van der Waals surface area contributed by atoms with E-state index in [1.54, 1.807) is 0 Å². The van der Waals surface area contributed by atoms with Crippen LogP contribution in [0.15, 0.2) is 18.2 Å². The zero-order valence-corrected chi connectivity index (χ0v) is 16.4. The van der Waals surface area contributed by atoms with Crippen molar-refractivity contribution in [1.29, 1.82) is 0 Å². The number of nitrogens with two attached hydrogens (primary N) is 1. The van der Waals surface area contributed by atoms with Gasteiger partial charge in [-0.15, -0.1) is 10.2 Å². The van der Waals surface area contributed by atoms with E-state index in [0.29, 0.717) is 24.5 Å². The lowest BCUT2D eigenvalue weighted by Gasteiger charge is -2.40. The summed E-state index contributed by atoms with van der Waals surface area (Å²) in [6.07, 6.45) is -0.789. The van der Waals surface area contributed by atoms with Crippen LogP contribution < -0.4 is 5.73 Å². The molecule has 1 aliphatic heterocycles. The van der Waals surface area contributed by atoms with Crippen LogP contribution in [0.2, 0.25) is 0 Å². The van der Waals surface area contributed by atoms with Crippen molar-refractivity contribution in [2.45, 2.75) is 63.5 Å². The summed E-state index contributed by atoms with van der Waals surface area (Å²) in [5, 5.41) is 7.06. The van der Waals surface area contributed by atoms with Gasteiger partial charge in [0, 0.05) is 25.2 Å². The third-order valence-electron chi connectivity index (χ3n) is 6.36. The smallest absolute Gasteiger partial charge is 0.327 e. The lowest BCUT2D eigenvalue weighted by Crippen LogP contribution is -2.45. The van der Waals surface area contributed by atoms with Gasteiger partial charge >= 0.3 is 6.18 Å². The number of halogens is 5. The molecule has 1 aromatic heterocycles. The summed E-state index contributed by atoms with van der Waals surface area (Å²) < 4.78 is 67.4. The molecule has 1 saturated carbocycles. The Balaban J connectivity index is 1.33. The maximum atomic E-state index is 13.9. The van der Waals surface area contributed by atoms with Crippen LogP contribution in [0.25, 0.3) is 0 Å². The summed E-state index contributed by atoms with van der Waals surface area (Å²) in [5.74, 6) is -1.32. The first kappa shape index (κ1) is 21.2. The molecule has 0 saturated heterocycles. The van der Waals surface area contributed by atoms with E-state index in [1.807, 2.05) is 0 Å². The van der Waals surface area contributed by atoms with E-state index in [9.17, 15) is 22.0 Å². The summed E-state index contributed by atoms with van der Waals surface area (Å²) in [4.78, 5) is 2.16. The van der Waals surface area contributed by atoms with E-state index in [1.165, 1.54) is 6.07 Å². The summed E-state index contributed by atoms with van der Waals surface area (Å²) in [5.41, 5.74) is 6.59. The largest absolute Gasteiger partial charge is 0.451 e. The van der Waals surface area contributed by atoms with Crippen molar-refractivity contribution in [3.63, 3.8) is 0 Å². The second kappa shape index (κ2) is 8.22.